The summed E-state index contributed by atoms with van der Waals surface area (Å²) in [6, 6.07) is 4.66. The highest BCUT2D eigenvalue weighted by Gasteiger charge is 2.13. The molecule has 3 nitrogen and oxygen atoms in total. The molecular formula is C14H15FN2O. The number of halogens is 1. The molecule has 2 aromatic rings. The zero-order valence-electron chi connectivity index (χ0n) is 10.5. The Kier molecular flexibility index (Phi) is 3.55. The fraction of sp³-hybridized carbons (Fsp3) is 0.286. The van der Waals surface area contributed by atoms with E-state index in [1.165, 1.54) is 12.1 Å². The van der Waals surface area contributed by atoms with Gasteiger partial charge in [-0.25, -0.2) is 4.39 Å². The molecule has 0 saturated heterocycles. The zero-order valence-corrected chi connectivity index (χ0v) is 10.5. The maximum Gasteiger partial charge on any atom is 0.170 e. The van der Waals surface area contributed by atoms with Gasteiger partial charge in [-0.3, -0.25) is 9.48 Å². The molecule has 0 saturated carbocycles. The second kappa shape index (κ2) is 5.12. The number of rotatable bonds is 4. The average Bonchev–Trinajstić information content (AvgIpc) is 2.76. The minimum atomic E-state index is -0.456. The summed E-state index contributed by atoms with van der Waals surface area (Å²) in [4.78, 5) is 12.0. The first-order valence-corrected chi connectivity index (χ1v) is 5.91. The predicted octanol–water partition coefficient (Wildman–Crippen LogP) is 2.78. The standard InChI is InChI=1S/C14H15FN2O/c1-3-17-9-11(8-16-17)7-14(18)12-5-4-10(2)6-13(12)15/h4-6,8-9H,3,7H2,1-2H3. The summed E-state index contributed by atoms with van der Waals surface area (Å²) < 4.78 is 15.4. The number of aromatic nitrogens is 2. The summed E-state index contributed by atoms with van der Waals surface area (Å²) in [5.41, 5.74) is 1.76. The van der Waals surface area contributed by atoms with Crippen LogP contribution in [0.2, 0.25) is 0 Å². The molecule has 0 atom stereocenters. The normalized spacial score (nSPS) is 10.6. The highest BCUT2D eigenvalue weighted by atomic mass is 19.1. The van der Waals surface area contributed by atoms with E-state index in [-0.39, 0.29) is 17.8 Å². The lowest BCUT2D eigenvalue weighted by molar-refractivity contribution is 0.0989. The number of ketones is 1. The van der Waals surface area contributed by atoms with Crippen molar-refractivity contribution in [1.82, 2.24) is 9.78 Å². The van der Waals surface area contributed by atoms with Crippen molar-refractivity contribution in [1.29, 1.82) is 0 Å². The van der Waals surface area contributed by atoms with Crippen molar-refractivity contribution in [3.63, 3.8) is 0 Å². The zero-order chi connectivity index (χ0) is 13.1. The van der Waals surface area contributed by atoms with Gasteiger partial charge < -0.3 is 0 Å². The van der Waals surface area contributed by atoms with Crippen LogP contribution < -0.4 is 0 Å². The number of nitrogens with zero attached hydrogens (tertiary/aromatic N) is 2. The van der Waals surface area contributed by atoms with Gasteiger partial charge in [-0.2, -0.15) is 5.10 Å². The van der Waals surface area contributed by atoms with Gasteiger partial charge in [0.05, 0.1) is 11.8 Å². The van der Waals surface area contributed by atoms with Gasteiger partial charge in [-0.1, -0.05) is 6.07 Å². The molecule has 2 rings (SSSR count). The number of Topliss-reactive ketones (excluding diaryl/α,β-unsaturated/α-hetero) is 1. The molecule has 0 aliphatic heterocycles. The molecule has 0 amide bonds. The largest absolute Gasteiger partial charge is 0.294 e. The predicted molar refractivity (Wildman–Crippen MR) is 67.1 cm³/mol. The van der Waals surface area contributed by atoms with Crippen LogP contribution in [-0.4, -0.2) is 15.6 Å². The Bertz CT molecular complexity index is 575. The van der Waals surface area contributed by atoms with Crippen LogP contribution in [0.1, 0.15) is 28.4 Å². The van der Waals surface area contributed by atoms with Gasteiger partial charge in [-0.05, 0) is 37.1 Å². The van der Waals surface area contributed by atoms with Crippen molar-refractivity contribution in [3.8, 4) is 0 Å². The van der Waals surface area contributed by atoms with Gasteiger partial charge >= 0.3 is 0 Å². The third-order valence-electron chi connectivity index (χ3n) is 2.80. The second-order valence-corrected chi connectivity index (χ2v) is 4.29. The van der Waals surface area contributed by atoms with Crippen LogP contribution in [0.4, 0.5) is 4.39 Å². The Balaban J connectivity index is 2.16. The number of hydrogen-bond acceptors (Lipinski definition) is 2. The molecule has 0 bridgehead atoms. The number of carbonyl (C=O) groups excluding carboxylic acids is 1. The fourth-order valence-electron chi connectivity index (χ4n) is 1.80. The van der Waals surface area contributed by atoms with Crippen LogP contribution in [-0.2, 0) is 13.0 Å². The fourth-order valence-corrected chi connectivity index (χ4v) is 1.80. The molecular weight excluding hydrogens is 231 g/mol. The molecule has 0 N–H and O–H groups in total. The molecule has 1 aromatic carbocycles. The van der Waals surface area contributed by atoms with Crippen molar-refractivity contribution in [3.05, 3.63) is 53.1 Å². The average molecular weight is 246 g/mol. The molecule has 0 aliphatic rings. The summed E-state index contributed by atoms with van der Waals surface area (Å²) in [6.45, 7) is 4.52. The van der Waals surface area contributed by atoms with E-state index in [2.05, 4.69) is 5.10 Å². The van der Waals surface area contributed by atoms with E-state index in [1.807, 2.05) is 13.1 Å². The Morgan fingerprint density at radius 1 is 1.44 bits per heavy atom. The Morgan fingerprint density at radius 3 is 2.83 bits per heavy atom. The molecule has 0 radical (unpaired) electrons. The molecule has 0 aliphatic carbocycles. The van der Waals surface area contributed by atoms with Gasteiger partial charge in [-0.15, -0.1) is 0 Å². The highest BCUT2D eigenvalue weighted by molar-refractivity contribution is 5.97. The van der Waals surface area contributed by atoms with Crippen LogP contribution in [0.15, 0.2) is 30.6 Å². The lowest BCUT2D eigenvalue weighted by Gasteiger charge is -2.02. The molecule has 0 fully saturated rings. The first kappa shape index (κ1) is 12.5. The second-order valence-electron chi connectivity index (χ2n) is 4.29. The first-order valence-electron chi connectivity index (χ1n) is 5.91. The summed E-state index contributed by atoms with van der Waals surface area (Å²) in [7, 11) is 0. The van der Waals surface area contributed by atoms with Crippen LogP contribution in [0.25, 0.3) is 0 Å². The van der Waals surface area contributed by atoms with E-state index in [1.54, 1.807) is 23.9 Å². The summed E-state index contributed by atoms with van der Waals surface area (Å²) in [5, 5.41) is 4.09. The minimum Gasteiger partial charge on any atom is -0.294 e. The number of carbonyl (C=O) groups is 1. The maximum atomic E-state index is 13.6. The lowest BCUT2D eigenvalue weighted by Crippen LogP contribution is -2.06. The molecule has 94 valence electrons. The monoisotopic (exact) mass is 246 g/mol. The van der Waals surface area contributed by atoms with E-state index in [4.69, 9.17) is 0 Å². The first-order chi connectivity index (χ1) is 8.60. The molecule has 1 aromatic heterocycles. The maximum absolute atomic E-state index is 13.6. The van der Waals surface area contributed by atoms with Crippen molar-refractivity contribution >= 4 is 5.78 Å². The van der Waals surface area contributed by atoms with Gasteiger partial charge in [0.15, 0.2) is 5.78 Å². The van der Waals surface area contributed by atoms with Gasteiger partial charge in [0.2, 0.25) is 0 Å². The van der Waals surface area contributed by atoms with E-state index >= 15 is 0 Å². The molecule has 18 heavy (non-hydrogen) atoms. The smallest absolute Gasteiger partial charge is 0.170 e. The van der Waals surface area contributed by atoms with Crippen molar-refractivity contribution < 1.29 is 9.18 Å². The minimum absolute atomic E-state index is 0.143. The molecule has 4 heteroatoms. The van der Waals surface area contributed by atoms with Gasteiger partial charge in [0.1, 0.15) is 5.82 Å². The third kappa shape index (κ3) is 2.64. The van der Waals surface area contributed by atoms with Crippen LogP contribution in [0.5, 0.6) is 0 Å². The van der Waals surface area contributed by atoms with Gasteiger partial charge in [0, 0.05) is 19.2 Å². The summed E-state index contributed by atoms with van der Waals surface area (Å²) in [6.07, 6.45) is 3.64. The van der Waals surface area contributed by atoms with Crippen LogP contribution in [0.3, 0.4) is 0 Å². The Labute approximate surface area is 105 Å². The van der Waals surface area contributed by atoms with E-state index in [9.17, 15) is 9.18 Å². The molecule has 0 unspecified atom stereocenters. The summed E-state index contributed by atoms with van der Waals surface area (Å²) >= 11 is 0. The Hall–Kier alpha value is -1.97. The van der Waals surface area contributed by atoms with Crippen molar-refractivity contribution in [2.24, 2.45) is 0 Å². The SMILES string of the molecule is CCn1cc(CC(=O)c2ccc(C)cc2F)cn1. The quantitative estimate of drug-likeness (QED) is 0.777. The topological polar surface area (TPSA) is 34.9 Å². The van der Waals surface area contributed by atoms with E-state index in [0.29, 0.717) is 0 Å². The Morgan fingerprint density at radius 2 is 2.22 bits per heavy atom. The number of benzene rings is 1. The van der Waals surface area contributed by atoms with E-state index < -0.39 is 5.82 Å². The van der Waals surface area contributed by atoms with Crippen molar-refractivity contribution in [2.75, 3.05) is 0 Å². The van der Waals surface area contributed by atoms with Gasteiger partial charge in [0.25, 0.3) is 0 Å². The van der Waals surface area contributed by atoms with Crippen molar-refractivity contribution in [2.45, 2.75) is 26.8 Å². The molecule has 1 heterocycles. The number of hydrogen-bond donors (Lipinski definition) is 0. The van der Waals surface area contributed by atoms with E-state index in [0.717, 1.165) is 17.7 Å². The van der Waals surface area contributed by atoms with Crippen LogP contribution >= 0.6 is 0 Å². The van der Waals surface area contributed by atoms with Crippen LogP contribution in [0, 0.1) is 12.7 Å². The lowest BCUT2D eigenvalue weighted by atomic mass is 10.0. The highest BCUT2D eigenvalue weighted by Crippen LogP contribution is 2.13. The third-order valence-corrected chi connectivity index (χ3v) is 2.80. The molecule has 0 spiro atoms. The number of aryl methyl sites for hydroxylation is 2. The summed E-state index contributed by atoms with van der Waals surface area (Å²) in [5.74, 6) is -0.675.